The summed E-state index contributed by atoms with van der Waals surface area (Å²) < 4.78 is 0. The van der Waals surface area contributed by atoms with Crippen molar-refractivity contribution in [3.05, 3.63) is 6.92 Å². The van der Waals surface area contributed by atoms with Crippen molar-refractivity contribution < 1.29 is 5.11 Å². The molecule has 0 spiro atoms. The highest BCUT2D eigenvalue weighted by atomic mass is 32.1. The quantitative estimate of drug-likeness (QED) is 0.490. The van der Waals surface area contributed by atoms with Crippen molar-refractivity contribution in [3.63, 3.8) is 0 Å². The molecule has 0 rings (SSSR count). The minimum Gasteiger partial charge on any atom is -0.385 e. The van der Waals surface area contributed by atoms with Crippen LogP contribution in [-0.4, -0.2) is 16.1 Å². The Morgan fingerprint density at radius 1 is 2.00 bits per heavy atom. The van der Waals surface area contributed by atoms with Crippen LogP contribution in [0.2, 0.25) is 0 Å². The van der Waals surface area contributed by atoms with E-state index in [1.165, 1.54) is 12.3 Å². The van der Waals surface area contributed by atoms with Gasteiger partial charge in [0, 0.05) is 5.37 Å². The molecule has 0 fully saturated rings. The van der Waals surface area contributed by atoms with E-state index < -0.39 is 5.60 Å². The van der Waals surface area contributed by atoms with Gasteiger partial charge < -0.3 is 5.11 Å². The largest absolute Gasteiger partial charge is 0.385 e. The molecule has 0 saturated heterocycles. The summed E-state index contributed by atoms with van der Waals surface area (Å²) in [6, 6.07) is 0. The molecule has 0 aliphatic heterocycles. The second-order valence-corrected chi connectivity index (χ2v) is 1.71. The van der Waals surface area contributed by atoms with Crippen LogP contribution >= 0.6 is 12.2 Å². The Hall–Kier alpha value is 0.0500. The Morgan fingerprint density at radius 3 is 2.17 bits per heavy atom. The average molecular weight is 103 g/mol. The molecule has 1 N–H and O–H groups in total. The second kappa shape index (κ2) is 1.67. The SMILES string of the molecule is [CH2]C(C)(O)C=S. The molecule has 0 amide bonds. The highest BCUT2D eigenvalue weighted by Gasteiger charge is 2.04. The van der Waals surface area contributed by atoms with Gasteiger partial charge in [-0.05, 0) is 13.8 Å². The van der Waals surface area contributed by atoms with Crippen LogP contribution < -0.4 is 0 Å². The monoisotopic (exact) mass is 103 g/mol. The molecule has 0 aromatic carbocycles. The molecular weight excluding hydrogens is 96.1 g/mol. The van der Waals surface area contributed by atoms with Crippen LogP contribution in [0.3, 0.4) is 0 Å². The summed E-state index contributed by atoms with van der Waals surface area (Å²) in [6.45, 7) is 4.81. The van der Waals surface area contributed by atoms with Gasteiger partial charge in [0.05, 0.1) is 5.60 Å². The fraction of sp³-hybridized carbons (Fsp3) is 0.500. The zero-order chi connectivity index (χ0) is 5.21. The van der Waals surface area contributed by atoms with Crippen LogP contribution in [0.25, 0.3) is 0 Å². The van der Waals surface area contributed by atoms with Gasteiger partial charge in [-0.3, -0.25) is 0 Å². The predicted octanol–water partition coefficient (Wildman–Crippen LogP) is 0.571. The van der Waals surface area contributed by atoms with E-state index in [0.29, 0.717) is 0 Å². The van der Waals surface area contributed by atoms with E-state index in [4.69, 9.17) is 5.11 Å². The Kier molecular flexibility index (Phi) is 1.68. The summed E-state index contributed by atoms with van der Waals surface area (Å²) >= 11 is 4.35. The Labute approximate surface area is 43.0 Å². The van der Waals surface area contributed by atoms with Gasteiger partial charge in [0.2, 0.25) is 0 Å². The van der Waals surface area contributed by atoms with Gasteiger partial charge >= 0.3 is 0 Å². The molecule has 1 unspecified atom stereocenters. The van der Waals surface area contributed by atoms with E-state index in [-0.39, 0.29) is 0 Å². The van der Waals surface area contributed by atoms with E-state index in [2.05, 4.69) is 19.1 Å². The van der Waals surface area contributed by atoms with Gasteiger partial charge in [0.25, 0.3) is 0 Å². The van der Waals surface area contributed by atoms with Gasteiger partial charge in [-0.25, -0.2) is 0 Å². The minimum atomic E-state index is -1.02. The molecule has 2 heteroatoms. The molecule has 0 heterocycles. The first-order valence-corrected chi connectivity index (χ1v) is 2.07. The van der Waals surface area contributed by atoms with E-state index >= 15 is 0 Å². The van der Waals surface area contributed by atoms with Crippen LogP contribution in [0.15, 0.2) is 0 Å². The van der Waals surface area contributed by atoms with Crippen LogP contribution in [0.5, 0.6) is 0 Å². The molecule has 0 aromatic rings. The van der Waals surface area contributed by atoms with E-state index in [1.54, 1.807) is 0 Å². The van der Waals surface area contributed by atoms with Gasteiger partial charge in [0.1, 0.15) is 0 Å². The van der Waals surface area contributed by atoms with Crippen LogP contribution in [-0.2, 0) is 0 Å². The lowest BCUT2D eigenvalue weighted by Gasteiger charge is -2.05. The highest BCUT2D eigenvalue weighted by molar-refractivity contribution is 7.79. The van der Waals surface area contributed by atoms with Gasteiger partial charge in [-0.1, -0.05) is 12.2 Å². The van der Waals surface area contributed by atoms with E-state index in [0.717, 1.165) is 0 Å². The Bertz CT molecular complexity index is 53.1. The molecular formula is C4H7OS. The zero-order valence-corrected chi connectivity index (χ0v) is 4.46. The summed E-state index contributed by atoms with van der Waals surface area (Å²) in [4.78, 5) is 0. The van der Waals surface area contributed by atoms with Crippen molar-refractivity contribution in [1.29, 1.82) is 0 Å². The maximum atomic E-state index is 8.56. The molecule has 35 valence electrons. The smallest absolute Gasteiger partial charge is 0.0902 e. The molecule has 0 saturated carbocycles. The topological polar surface area (TPSA) is 20.2 Å². The number of aliphatic hydroxyl groups is 1. The van der Waals surface area contributed by atoms with Crippen LogP contribution in [0.1, 0.15) is 6.92 Å². The summed E-state index contributed by atoms with van der Waals surface area (Å²) in [5.41, 5.74) is -1.02. The highest BCUT2D eigenvalue weighted by Crippen LogP contribution is 1.92. The first-order chi connectivity index (χ1) is 2.56. The van der Waals surface area contributed by atoms with Crippen molar-refractivity contribution in [2.75, 3.05) is 0 Å². The summed E-state index contributed by atoms with van der Waals surface area (Å²) in [6.07, 6.45) is 0. The van der Waals surface area contributed by atoms with Crippen molar-refractivity contribution in [1.82, 2.24) is 0 Å². The third-order valence-corrected chi connectivity index (χ3v) is 0.762. The van der Waals surface area contributed by atoms with E-state index in [9.17, 15) is 0 Å². The fourth-order valence-corrected chi connectivity index (χ4v) is 0. The van der Waals surface area contributed by atoms with Gasteiger partial charge in [-0.15, -0.1) is 0 Å². The Morgan fingerprint density at radius 2 is 2.17 bits per heavy atom. The number of hydrogen-bond donors (Lipinski definition) is 1. The normalized spacial score (nSPS) is 11.2. The zero-order valence-electron chi connectivity index (χ0n) is 3.64. The number of hydrogen-bond acceptors (Lipinski definition) is 2. The second-order valence-electron chi connectivity index (χ2n) is 1.48. The number of rotatable bonds is 1. The fourth-order valence-electron chi connectivity index (χ4n) is 0. The summed E-state index contributed by atoms with van der Waals surface area (Å²) in [5.74, 6) is 0. The van der Waals surface area contributed by atoms with E-state index in [1.807, 2.05) is 0 Å². The van der Waals surface area contributed by atoms with Crippen molar-refractivity contribution in [2.45, 2.75) is 12.5 Å². The predicted molar refractivity (Wildman–Crippen MR) is 29.6 cm³/mol. The maximum Gasteiger partial charge on any atom is 0.0902 e. The van der Waals surface area contributed by atoms with Crippen LogP contribution in [0, 0.1) is 6.92 Å². The van der Waals surface area contributed by atoms with Crippen molar-refractivity contribution in [3.8, 4) is 0 Å². The van der Waals surface area contributed by atoms with Crippen molar-refractivity contribution in [2.24, 2.45) is 0 Å². The number of thiocarbonyl (C=S) groups is 1. The molecule has 0 aliphatic carbocycles. The van der Waals surface area contributed by atoms with Crippen LogP contribution in [0.4, 0.5) is 0 Å². The third kappa shape index (κ3) is 4.05. The lowest BCUT2D eigenvalue weighted by atomic mass is 10.2. The molecule has 1 atom stereocenters. The van der Waals surface area contributed by atoms with Crippen molar-refractivity contribution >= 4 is 17.6 Å². The lowest BCUT2D eigenvalue weighted by molar-refractivity contribution is 0.189. The first kappa shape index (κ1) is 6.05. The molecule has 0 aromatic heterocycles. The molecule has 6 heavy (non-hydrogen) atoms. The average Bonchev–Trinajstić information content (AvgIpc) is 1.35. The lowest BCUT2D eigenvalue weighted by Crippen LogP contribution is -2.18. The van der Waals surface area contributed by atoms with Gasteiger partial charge in [0.15, 0.2) is 0 Å². The molecule has 1 nitrogen and oxygen atoms in total. The molecule has 0 aliphatic rings. The summed E-state index contributed by atoms with van der Waals surface area (Å²) in [7, 11) is 0. The molecule has 1 radical (unpaired) electrons. The summed E-state index contributed by atoms with van der Waals surface area (Å²) in [5, 5.41) is 9.77. The first-order valence-electron chi connectivity index (χ1n) is 1.60. The maximum absolute atomic E-state index is 8.56. The Balaban J connectivity index is 3.45. The molecule has 0 bridgehead atoms. The van der Waals surface area contributed by atoms with Gasteiger partial charge in [-0.2, -0.15) is 0 Å². The third-order valence-electron chi connectivity index (χ3n) is 0.254. The standard InChI is InChI=1S/C4H7OS/c1-4(2,5)3-6/h3,5H,1H2,2H3. The minimum absolute atomic E-state index is 1.02.